The van der Waals surface area contributed by atoms with Gasteiger partial charge < -0.3 is 15.0 Å². The van der Waals surface area contributed by atoms with Crippen LogP contribution in [0.3, 0.4) is 0 Å². The van der Waals surface area contributed by atoms with Gasteiger partial charge in [-0.25, -0.2) is 0 Å². The minimum atomic E-state index is -0.853. The summed E-state index contributed by atoms with van der Waals surface area (Å²) in [6.07, 6.45) is 1.33. The molecule has 2 N–H and O–H groups in total. The van der Waals surface area contributed by atoms with Gasteiger partial charge in [0.05, 0.1) is 11.0 Å². The van der Waals surface area contributed by atoms with Crippen LogP contribution in [0.4, 0.5) is 0 Å². The average molecular weight is 300 g/mol. The number of aliphatic carboxylic acids is 1. The molecule has 0 saturated carbocycles. The first kappa shape index (κ1) is 14.6. The van der Waals surface area contributed by atoms with Crippen LogP contribution < -0.4 is 0 Å². The maximum absolute atomic E-state index is 12.9. The number of amides is 1. The Kier molecular flexibility index (Phi) is 3.43. The Morgan fingerprint density at radius 3 is 2.77 bits per heavy atom. The van der Waals surface area contributed by atoms with Gasteiger partial charge in [-0.1, -0.05) is 18.2 Å². The van der Waals surface area contributed by atoms with Crippen LogP contribution in [0.2, 0.25) is 0 Å². The number of carboxylic acids is 1. The Morgan fingerprint density at radius 1 is 1.32 bits per heavy atom. The number of carbonyl (C=O) groups is 2. The van der Waals surface area contributed by atoms with Crippen molar-refractivity contribution >= 4 is 22.8 Å². The Bertz CT molecular complexity index is 749. The van der Waals surface area contributed by atoms with Gasteiger partial charge in [-0.2, -0.15) is 0 Å². The van der Waals surface area contributed by atoms with Crippen LogP contribution in [0, 0.1) is 12.3 Å². The molecule has 1 aromatic carbocycles. The minimum Gasteiger partial charge on any atom is -0.481 e. The summed E-state index contributed by atoms with van der Waals surface area (Å²) in [6, 6.07) is 7.70. The normalized spacial score (nSPS) is 22.0. The van der Waals surface area contributed by atoms with Crippen LogP contribution in [0.1, 0.15) is 35.8 Å². The number of nitrogens with one attached hydrogen (secondary N) is 1. The molecule has 1 atom stereocenters. The molecule has 0 radical (unpaired) electrons. The minimum absolute atomic E-state index is 0.0814. The van der Waals surface area contributed by atoms with E-state index in [1.54, 1.807) is 11.8 Å². The number of carboxylic acid groups (broad SMARTS) is 1. The second kappa shape index (κ2) is 5.16. The van der Waals surface area contributed by atoms with Crippen molar-refractivity contribution in [2.24, 2.45) is 5.41 Å². The fourth-order valence-corrected chi connectivity index (χ4v) is 3.30. The van der Waals surface area contributed by atoms with Gasteiger partial charge in [0.25, 0.3) is 5.91 Å². The molecule has 1 amide bonds. The van der Waals surface area contributed by atoms with Gasteiger partial charge in [0.2, 0.25) is 0 Å². The zero-order chi connectivity index (χ0) is 15.9. The Hall–Kier alpha value is -2.30. The second-order valence-corrected chi connectivity index (χ2v) is 6.37. The molecule has 5 nitrogen and oxygen atoms in total. The van der Waals surface area contributed by atoms with E-state index < -0.39 is 11.4 Å². The molecule has 22 heavy (non-hydrogen) atoms. The van der Waals surface area contributed by atoms with Gasteiger partial charge in [0, 0.05) is 29.7 Å². The van der Waals surface area contributed by atoms with Gasteiger partial charge >= 0.3 is 5.97 Å². The number of carbonyl (C=O) groups excluding carboxylic acids is 1. The maximum Gasteiger partial charge on any atom is 0.311 e. The van der Waals surface area contributed by atoms with Gasteiger partial charge in [-0.15, -0.1) is 0 Å². The van der Waals surface area contributed by atoms with E-state index in [0.29, 0.717) is 18.5 Å². The van der Waals surface area contributed by atoms with Crippen LogP contribution in [-0.2, 0) is 4.79 Å². The van der Waals surface area contributed by atoms with E-state index in [1.165, 1.54) is 0 Å². The number of hydrogen-bond donors (Lipinski definition) is 2. The van der Waals surface area contributed by atoms with Gasteiger partial charge in [-0.3, -0.25) is 9.59 Å². The molecular formula is C17H20N2O3. The predicted molar refractivity (Wildman–Crippen MR) is 83.9 cm³/mol. The highest BCUT2D eigenvalue weighted by molar-refractivity contribution is 6.08. The second-order valence-electron chi connectivity index (χ2n) is 6.37. The number of H-pyrrole nitrogens is 1. The molecule has 1 aliphatic heterocycles. The summed E-state index contributed by atoms with van der Waals surface area (Å²) < 4.78 is 0. The third-order valence-electron chi connectivity index (χ3n) is 4.61. The van der Waals surface area contributed by atoms with Crippen molar-refractivity contribution in [3.63, 3.8) is 0 Å². The van der Waals surface area contributed by atoms with Crippen molar-refractivity contribution < 1.29 is 14.7 Å². The fourth-order valence-electron chi connectivity index (χ4n) is 3.30. The van der Waals surface area contributed by atoms with Crippen molar-refractivity contribution in [1.82, 2.24) is 9.88 Å². The molecule has 1 unspecified atom stereocenters. The number of fused-ring (bicyclic) bond motifs is 1. The summed E-state index contributed by atoms with van der Waals surface area (Å²) in [5, 5.41) is 10.3. The quantitative estimate of drug-likeness (QED) is 0.895. The number of piperidine rings is 1. The number of rotatable bonds is 2. The Morgan fingerprint density at radius 2 is 2.05 bits per heavy atom. The maximum atomic E-state index is 12.9. The first-order valence-corrected chi connectivity index (χ1v) is 7.52. The van der Waals surface area contributed by atoms with Crippen LogP contribution >= 0.6 is 0 Å². The van der Waals surface area contributed by atoms with Gasteiger partial charge in [0.15, 0.2) is 0 Å². The molecule has 0 bridgehead atoms. The van der Waals surface area contributed by atoms with E-state index in [2.05, 4.69) is 4.98 Å². The third kappa shape index (κ3) is 2.26. The fraction of sp³-hybridized carbons (Fsp3) is 0.412. The standard InChI is InChI=1S/C17H20N2O3/c1-11-14(12-6-3-4-7-13(12)18-11)15(20)19-9-5-8-17(2,10-19)16(21)22/h3-4,6-7,18H,5,8-10H2,1-2H3,(H,21,22). The number of para-hydroxylation sites is 1. The van der Waals surface area contributed by atoms with Crippen LogP contribution in [0.15, 0.2) is 24.3 Å². The summed E-state index contributed by atoms with van der Waals surface area (Å²) >= 11 is 0. The lowest BCUT2D eigenvalue weighted by Gasteiger charge is -2.37. The largest absolute Gasteiger partial charge is 0.481 e. The number of benzene rings is 1. The molecule has 0 aliphatic carbocycles. The lowest BCUT2D eigenvalue weighted by Crippen LogP contribution is -2.48. The third-order valence-corrected chi connectivity index (χ3v) is 4.61. The molecule has 1 aliphatic rings. The molecule has 2 heterocycles. The lowest BCUT2D eigenvalue weighted by atomic mass is 9.82. The predicted octanol–water partition coefficient (Wildman–Crippen LogP) is 2.80. The van der Waals surface area contributed by atoms with Crippen LogP contribution in [-0.4, -0.2) is 40.0 Å². The number of aromatic amines is 1. The number of aryl methyl sites for hydroxylation is 1. The molecule has 0 spiro atoms. The highest BCUT2D eigenvalue weighted by Gasteiger charge is 2.40. The topological polar surface area (TPSA) is 73.4 Å². The van der Waals surface area contributed by atoms with Crippen molar-refractivity contribution in [2.75, 3.05) is 13.1 Å². The summed E-state index contributed by atoms with van der Waals surface area (Å²) in [5.41, 5.74) is 1.56. The number of likely N-dealkylation sites (tertiary alicyclic amines) is 1. The molecule has 116 valence electrons. The Labute approximate surface area is 128 Å². The highest BCUT2D eigenvalue weighted by atomic mass is 16.4. The summed E-state index contributed by atoms with van der Waals surface area (Å²) in [4.78, 5) is 29.3. The zero-order valence-electron chi connectivity index (χ0n) is 12.8. The number of aromatic nitrogens is 1. The van der Waals surface area contributed by atoms with E-state index in [0.717, 1.165) is 23.0 Å². The van der Waals surface area contributed by atoms with Gasteiger partial charge in [0.1, 0.15) is 0 Å². The van der Waals surface area contributed by atoms with Crippen molar-refractivity contribution in [3.05, 3.63) is 35.5 Å². The molecule has 1 saturated heterocycles. The molecule has 5 heteroatoms. The number of nitrogens with zero attached hydrogens (tertiary/aromatic N) is 1. The van der Waals surface area contributed by atoms with Crippen molar-refractivity contribution in [3.8, 4) is 0 Å². The molecule has 2 aromatic rings. The van der Waals surface area contributed by atoms with Crippen LogP contribution in [0.5, 0.6) is 0 Å². The first-order chi connectivity index (χ1) is 10.4. The monoisotopic (exact) mass is 300 g/mol. The lowest BCUT2D eigenvalue weighted by molar-refractivity contribution is -0.150. The van der Waals surface area contributed by atoms with Crippen molar-refractivity contribution in [2.45, 2.75) is 26.7 Å². The molecular weight excluding hydrogens is 280 g/mol. The van der Waals surface area contributed by atoms with E-state index in [-0.39, 0.29) is 12.5 Å². The van der Waals surface area contributed by atoms with E-state index in [9.17, 15) is 14.7 Å². The van der Waals surface area contributed by atoms with Crippen molar-refractivity contribution in [1.29, 1.82) is 0 Å². The molecule has 1 aromatic heterocycles. The SMILES string of the molecule is Cc1[nH]c2ccccc2c1C(=O)N1CCCC(C)(C(=O)O)C1. The highest BCUT2D eigenvalue weighted by Crippen LogP contribution is 2.32. The van der Waals surface area contributed by atoms with E-state index >= 15 is 0 Å². The average Bonchev–Trinajstić information content (AvgIpc) is 2.82. The molecule has 3 rings (SSSR count). The van der Waals surface area contributed by atoms with E-state index in [1.807, 2.05) is 31.2 Å². The van der Waals surface area contributed by atoms with Gasteiger partial charge in [-0.05, 0) is 32.8 Å². The summed E-state index contributed by atoms with van der Waals surface area (Å²) in [5.74, 6) is -0.914. The van der Waals surface area contributed by atoms with Crippen LogP contribution in [0.25, 0.3) is 10.9 Å². The smallest absolute Gasteiger partial charge is 0.311 e. The first-order valence-electron chi connectivity index (χ1n) is 7.52. The zero-order valence-corrected chi connectivity index (χ0v) is 12.8. The summed E-state index contributed by atoms with van der Waals surface area (Å²) in [7, 11) is 0. The summed E-state index contributed by atoms with van der Waals surface area (Å²) in [6.45, 7) is 4.48. The number of hydrogen-bond acceptors (Lipinski definition) is 2. The Balaban J connectivity index is 1.96. The molecule has 1 fully saturated rings. The van der Waals surface area contributed by atoms with E-state index in [4.69, 9.17) is 0 Å².